The first-order chi connectivity index (χ1) is 9.81. The Hall–Kier alpha value is -0.800. The summed E-state index contributed by atoms with van der Waals surface area (Å²) >= 11 is 0. The van der Waals surface area contributed by atoms with E-state index in [9.17, 15) is 4.21 Å². The van der Waals surface area contributed by atoms with E-state index in [4.69, 9.17) is 5.53 Å². The third-order valence-corrected chi connectivity index (χ3v) is 4.71. The molecule has 5 heteroatoms. The van der Waals surface area contributed by atoms with Gasteiger partial charge in [-0.2, -0.15) is 0 Å². The van der Waals surface area contributed by atoms with Gasteiger partial charge in [0.05, 0.1) is 0 Å². The van der Waals surface area contributed by atoms with Crippen LogP contribution in [0.3, 0.4) is 0 Å². The van der Waals surface area contributed by atoms with Crippen LogP contribution in [0.15, 0.2) is 17.8 Å². The molecule has 0 unspecified atom stereocenters. The van der Waals surface area contributed by atoms with E-state index in [2.05, 4.69) is 16.6 Å². The first-order valence-electron chi connectivity index (χ1n) is 7.78. The number of unbranched alkanes of at least 4 members (excludes halogenated alkanes) is 8. The fourth-order valence-corrected chi connectivity index (χ4v) is 3.28. The van der Waals surface area contributed by atoms with Crippen molar-refractivity contribution in [1.82, 2.24) is 0 Å². The number of rotatable bonds is 15. The Morgan fingerprint density at radius 1 is 0.950 bits per heavy atom. The molecule has 0 bridgehead atoms. The molecule has 0 rings (SSSR count). The summed E-state index contributed by atoms with van der Waals surface area (Å²) in [4.78, 5) is 2.70. The predicted molar refractivity (Wildman–Crippen MR) is 88.3 cm³/mol. The van der Waals surface area contributed by atoms with E-state index >= 15 is 0 Å². The smallest absolute Gasteiger partial charge is 0.0258 e. The van der Waals surface area contributed by atoms with Gasteiger partial charge < -0.3 is 0 Å². The second-order valence-corrected chi connectivity index (χ2v) is 6.76. The normalized spacial score (nSPS) is 11.8. The van der Waals surface area contributed by atoms with Crippen LogP contribution in [0, 0.1) is 0 Å². The standard InChI is InChI=1S/C15H29N3OS/c1-2-3-4-5-6-7-8-9-11-14-20(19)15-12-10-13-17-18-16/h2H,1,3-15H2/t20-/m1/s1. The van der Waals surface area contributed by atoms with Crippen LogP contribution < -0.4 is 0 Å². The van der Waals surface area contributed by atoms with Crippen LogP contribution in [0.5, 0.6) is 0 Å². The molecule has 0 aromatic rings. The highest BCUT2D eigenvalue weighted by molar-refractivity contribution is 7.84. The van der Waals surface area contributed by atoms with Crippen molar-refractivity contribution >= 4 is 10.8 Å². The highest BCUT2D eigenvalue weighted by Crippen LogP contribution is 2.09. The van der Waals surface area contributed by atoms with Gasteiger partial charge in [0.25, 0.3) is 0 Å². The molecule has 0 heterocycles. The van der Waals surface area contributed by atoms with Crippen LogP contribution in [-0.2, 0) is 10.8 Å². The zero-order valence-corrected chi connectivity index (χ0v) is 13.5. The highest BCUT2D eigenvalue weighted by atomic mass is 32.2. The van der Waals surface area contributed by atoms with E-state index in [1.165, 1.54) is 38.5 Å². The lowest BCUT2D eigenvalue weighted by Gasteiger charge is -2.03. The van der Waals surface area contributed by atoms with Crippen molar-refractivity contribution in [2.24, 2.45) is 5.11 Å². The Labute approximate surface area is 126 Å². The quantitative estimate of drug-likeness (QED) is 0.136. The SMILES string of the molecule is C=CCCCCCCCCC[S@@](=O)CCCCN=[N+]=[N-]. The minimum absolute atomic E-state index is 0.527. The highest BCUT2D eigenvalue weighted by Gasteiger charge is 1.99. The number of allylic oxidation sites excluding steroid dienone is 1. The van der Waals surface area contributed by atoms with Gasteiger partial charge in [-0.15, -0.1) is 6.58 Å². The second-order valence-electron chi connectivity index (χ2n) is 5.06. The number of azide groups is 1. The molecule has 0 aromatic carbocycles. The molecule has 4 nitrogen and oxygen atoms in total. The summed E-state index contributed by atoms with van der Waals surface area (Å²) in [6.45, 7) is 4.25. The lowest BCUT2D eigenvalue weighted by molar-refractivity contribution is 0.591. The number of nitrogens with zero attached hydrogens (tertiary/aromatic N) is 3. The average Bonchev–Trinajstić information content (AvgIpc) is 2.45. The van der Waals surface area contributed by atoms with Crippen molar-refractivity contribution in [3.63, 3.8) is 0 Å². The van der Waals surface area contributed by atoms with Gasteiger partial charge in [-0.1, -0.05) is 43.3 Å². The summed E-state index contributed by atoms with van der Waals surface area (Å²) in [6.07, 6.45) is 13.6. The third-order valence-electron chi connectivity index (χ3n) is 3.22. The van der Waals surface area contributed by atoms with Gasteiger partial charge in [-0.3, -0.25) is 4.21 Å². The van der Waals surface area contributed by atoms with Crippen LogP contribution in [0.1, 0.15) is 64.2 Å². The first kappa shape index (κ1) is 19.2. The summed E-state index contributed by atoms with van der Waals surface area (Å²) in [6, 6.07) is 0. The summed E-state index contributed by atoms with van der Waals surface area (Å²) in [5, 5.41) is 3.47. The summed E-state index contributed by atoms with van der Waals surface area (Å²) < 4.78 is 11.7. The molecule has 0 saturated carbocycles. The van der Waals surface area contributed by atoms with Crippen molar-refractivity contribution in [1.29, 1.82) is 0 Å². The Balaban J connectivity index is 3.18. The Kier molecular flexibility index (Phi) is 15.6. The maximum Gasteiger partial charge on any atom is 0.0258 e. The average molecular weight is 299 g/mol. The molecule has 0 aliphatic carbocycles. The third kappa shape index (κ3) is 15.3. The molecule has 20 heavy (non-hydrogen) atoms. The molecule has 0 radical (unpaired) electrons. The molecule has 116 valence electrons. The minimum atomic E-state index is -0.683. The summed E-state index contributed by atoms with van der Waals surface area (Å²) in [5.74, 6) is 1.58. The molecule has 0 aliphatic rings. The maximum atomic E-state index is 11.7. The molecular weight excluding hydrogens is 270 g/mol. The van der Waals surface area contributed by atoms with Crippen molar-refractivity contribution in [2.75, 3.05) is 18.1 Å². The Morgan fingerprint density at radius 2 is 1.50 bits per heavy atom. The molecule has 0 aliphatic heterocycles. The van der Waals surface area contributed by atoms with Gasteiger partial charge in [0, 0.05) is 33.8 Å². The molecule has 1 atom stereocenters. The Bertz CT molecular complexity index is 301. The van der Waals surface area contributed by atoms with Gasteiger partial charge >= 0.3 is 0 Å². The van der Waals surface area contributed by atoms with Crippen LogP contribution in [0.2, 0.25) is 0 Å². The fourth-order valence-electron chi connectivity index (χ4n) is 2.03. The van der Waals surface area contributed by atoms with Crippen LogP contribution in [0.25, 0.3) is 10.4 Å². The maximum absolute atomic E-state index is 11.7. The molecule has 0 spiro atoms. The van der Waals surface area contributed by atoms with Crippen LogP contribution in [0.4, 0.5) is 0 Å². The zero-order chi connectivity index (χ0) is 14.9. The Morgan fingerprint density at radius 3 is 2.10 bits per heavy atom. The lowest BCUT2D eigenvalue weighted by atomic mass is 10.1. The molecule has 0 fully saturated rings. The van der Waals surface area contributed by atoms with E-state index in [0.717, 1.165) is 37.2 Å². The molecule has 0 amide bonds. The molecule has 0 N–H and O–H groups in total. The van der Waals surface area contributed by atoms with Crippen molar-refractivity contribution < 1.29 is 4.21 Å². The van der Waals surface area contributed by atoms with E-state index in [1.54, 1.807) is 0 Å². The summed E-state index contributed by atoms with van der Waals surface area (Å²) in [7, 11) is -0.683. The van der Waals surface area contributed by atoms with Crippen molar-refractivity contribution in [2.45, 2.75) is 64.2 Å². The van der Waals surface area contributed by atoms with Gasteiger partial charge in [-0.05, 0) is 37.6 Å². The monoisotopic (exact) mass is 299 g/mol. The van der Waals surface area contributed by atoms with Crippen molar-refractivity contribution in [3.8, 4) is 0 Å². The van der Waals surface area contributed by atoms with Gasteiger partial charge in [0.2, 0.25) is 0 Å². The lowest BCUT2D eigenvalue weighted by Crippen LogP contribution is -2.03. The zero-order valence-electron chi connectivity index (χ0n) is 12.6. The van der Waals surface area contributed by atoms with Gasteiger partial charge in [0.1, 0.15) is 0 Å². The molecule has 0 aromatic heterocycles. The molecule has 0 saturated heterocycles. The summed E-state index contributed by atoms with van der Waals surface area (Å²) in [5.41, 5.74) is 8.12. The topological polar surface area (TPSA) is 65.8 Å². The second kappa shape index (κ2) is 16.3. The first-order valence-corrected chi connectivity index (χ1v) is 9.26. The fraction of sp³-hybridized carbons (Fsp3) is 0.867. The largest absolute Gasteiger partial charge is 0.260 e. The van der Waals surface area contributed by atoms with E-state index in [1.807, 2.05) is 6.08 Å². The number of hydrogen-bond donors (Lipinski definition) is 0. The van der Waals surface area contributed by atoms with E-state index in [-0.39, 0.29) is 0 Å². The minimum Gasteiger partial charge on any atom is -0.260 e. The molecular formula is C15H29N3OS. The van der Waals surface area contributed by atoms with E-state index < -0.39 is 10.8 Å². The van der Waals surface area contributed by atoms with E-state index in [0.29, 0.717) is 6.54 Å². The predicted octanol–water partition coefficient (Wildman–Crippen LogP) is 5.13. The number of hydrogen-bond acceptors (Lipinski definition) is 2. The van der Waals surface area contributed by atoms with Crippen LogP contribution >= 0.6 is 0 Å². The van der Waals surface area contributed by atoms with Crippen molar-refractivity contribution in [3.05, 3.63) is 23.1 Å². The van der Waals surface area contributed by atoms with Gasteiger partial charge in [0.15, 0.2) is 0 Å². The van der Waals surface area contributed by atoms with Gasteiger partial charge in [-0.25, -0.2) is 0 Å². The van der Waals surface area contributed by atoms with Crippen LogP contribution in [-0.4, -0.2) is 22.3 Å².